The van der Waals surface area contributed by atoms with Crippen LogP contribution in [0.2, 0.25) is 0 Å². The van der Waals surface area contributed by atoms with E-state index in [0.29, 0.717) is 0 Å². The third-order valence-electron chi connectivity index (χ3n) is 6.49. The second-order valence-corrected chi connectivity index (χ2v) is 11.6. The van der Waals surface area contributed by atoms with Crippen LogP contribution in [0.15, 0.2) is 4.99 Å². The van der Waals surface area contributed by atoms with Gasteiger partial charge in [-0.3, -0.25) is 0 Å². The number of esters is 8. The molecule has 10 atom stereocenters. The van der Waals surface area contributed by atoms with Crippen LogP contribution in [0.25, 0.3) is 0 Å². The summed E-state index contributed by atoms with van der Waals surface area (Å²) in [6.45, 7) is 7.55. The maximum absolute atomic E-state index is 12.3. The minimum absolute atomic E-state index is 0.226. The number of carbonyl (C=O) groups excluding carboxylic acids is 8. The fourth-order valence-electron chi connectivity index (χ4n) is 4.92. The van der Waals surface area contributed by atoms with Crippen LogP contribution >= 0.6 is 0 Å². The number of aliphatic imine (C=N–C) groups is 1. The normalized spacial score (nSPS) is 29.2. The molecular formula is C29H39N2O18Se. The molecule has 2 aliphatic rings. The summed E-state index contributed by atoms with van der Waals surface area (Å²) in [7, 11) is 0. The Labute approximate surface area is 294 Å². The molecule has 0 bridgehead atoms. The van der Waals surface area contributed by atoms with Gasteiger partial charge in [0.15, 0.2) is 0 Å². The van der Waals surface area contributed by atoms with Gasteiger partial charge < -0.3 is 0 Å². The number of carbonyl (C=O) groups is 8. The van der Waals surface area contributed by atoms with Gasteiger partial charge in [-0.2, -0.15) is 0 Å². The van der Waals surface area contributed by atoms with E-state index in [4.69, 9.17) is 47.4 Å². The first-order valence-corrected chi connectivity index (χ1v) is 15.8. The molecular weight excluding hydrogens is 743 g/mol. The van der Waals surface area contributed by atoms with Crippen LogP contribution < -0.4 is 5.32 Å². The molecule has 1 N–H and O–H groups in total. The fourth-order valence-corrected chi connectivity index (χ4v) is 5.46. The van der Waals surface area contributed by atoms with E-state index in [1.165, 1.54) is 0 Å². The number of ether oxygens (including phenoxy) is 10. The summed E-state index contributed by atoms with van der Waals surface area (Å²) >= 11 is 2.59. The van der Waals surface area contributed by atoms with E-state index >= 15 is 0 Å². The van der Waals surface area contributed by atoms with Crippen molar-refractivity contribution in [3.8, 4) is 0 Å². The van der Waals surface area contributed by atoms with Gasteiger partial charge in [0, 0.05) is 0 Å². The van der Waals surface area contributed by atoms with Gasteiger partial charge in [0.2, 0.25) is 0 Å². The predicted octanol–water partition coefficient (Wildman–Crippen LogP) is -1.73. The van der Waals surface area contributed by atoms with Crippen molar-refractivity contribution in [2.24, 2.45) is 4.99 Å². The second kappa shape index (κ2) is 19.2. The molecule has 50 heavy (non-hydrogen) atoms. The van der Waals surface area contributed by atoms with E-state index < -0.39 is 122 Å². The Kier molecular flexibility index (Phi) is 16.0. The van der Waals surface area contributed by atoms with E-state index in [1.807, 2.05) is 0 Å². The molecule has 0 aromatic heterocycles. The number of rotatable bonds is 12. The molecule has 0 spiro atoms. The number of nitrogens with zero attached hydrogens (tertiary/aromatic N) is 1. The summed E-state index contributed by atoms with van der Waals surface area (Å²) in [5.74, 6) is -6.57. The predicted molar refractivity (Wildman–Crippen MR) is 160 cm³/mol. The molecule has 2 rings (SSSR count). The fraction of sp³-hybridized carbons (Fsp3) is 0.690. The van der Waals surface area contributed by atoms with Crippen molar-refractivity contribution in [3.63, 3.8) is 0 Å². The van der Waals surface area contributed by atoms with Gasteiger partial charge in [0.1, 0.15) is 0 Å². The molecule has 0 aliphatic carbocycles. The summed E-state index contributed by atoms with van der Waals surface area (Å²) in [6.07, 6.45) is -11.8. The minimum atomic E-state index is -1.65. The van der Waals surface area contributed by atoms with Crippen molar-refractivity contribution >= 4 is 68.5 Å². The molecule has 0 aromatic carbocycles. The number of amidine groups is 1. The van der Waals surface area contributed by atoms with Crippen LogP contribution in [-0.4, -0.2) is 143 Å². The van der Waals surface area contributed by atoms with E-state index in [1.54, 1.807) is 0 Å². The van der Waals surface area contributed by atoms with Crippen LogP contribution in [0.3, 0.4) is 0 Å². The summed E-state index contributed by atoms with van der Waals surface area (Å²) in [5, 5.41) is 2.82. The number of hydrogen-bond donors (Lipinski definition) is 1. The van der Waals surface area contributed by atoms with E-state index in [-0.39, 0.29) is 4.73 Å². The molecule has 279 valence electrons. The second-order valence-electron chi connectivity index (χ2n) is 10.8. The molecule has 0 amide bonds. The first kappa shape index (κ1) is 41.8. The van der Waals surface area contributed by atoms with Crippen molar-refractivity contribution < 1.29 is 85.7 Å². The Morgan fingerprint density at radius 3 is 1.30 bits per heavy atom. The summed E-state index contributed by atoms with van der Waals surface area (Å²) in [6, 6.07) is -2.92. The third kappa shape index (κ3) is 13.2. The molecule has 0 aromatic rings. The SMILES string of the molecule is CC(=O)OCC1O[C@@H](OC(C)=O)C(N=C([Se])NC2C(OC(C)=O)[C@H](OC(C)=O)[C@@H](COC(C)=O)O[C@H]2OC(C)=O)C(OC(C)=O)[C@@H]1OC(C)=O. The van der Waals surface area contributed by atoms with Gasteiger partial charge in [-0.25, -0.2) is 0 Å². The molecule has 21 heteroatoms. The van der Waals surface area contributed by atoms with Crippen LogP contribution in [0.1, 0.15) is 55.4 Å². The van der Waals surface area contributed by atoms with Gasteiger partial charge in [-0.1, -0.05) is 0 Å². The number of hydrogen-bond acceptors (Lipinski definition) is 19. The maximum atomic E-state index is 12.3. The van der Waals surface area contributed by atoms with Crippen LogP contribution in [0, 0.1) is 0 Å². The zero-order valence-electron chi connectivity index (χ0n) is 28.4. The average molecular weight is 783 g/mol. The van der Waals surface area contributed by atoms with Crippen molar-refractivity contribution in [3.05, 3.63) is 0 Å². The standard InChI is InChI=1S/C29H39N2O18Se/c1-11(32)40-9-19-23(42-13(3)34)25(44-15(5)36)21(27(48-19)46-17(7)38)30-29(50)31-22-26(45-16(6)37)24(43-14(4)35)20(10-41-12(2)33)49-28(22)47-18(8)39/h19-28H,9-10H2,1-8H3,(H,30,31)/t19-,20?,21?,22?,23-,24-,25?,26?,27-,28-/m1/s1. The van der Waals surface area contributed by atoms with Gasteiger partial charge >= 0.3 is 294 Å². The van der Waals surface area contributed by atoms with Crippen LogP contribution in [0.4, 0.5) is 0 Å². The van der Waals surface area contributed by atoms with Gasteiger partial charge in [0.05, 0.1) is 0 Å². The van der Waals surface area contributed by atoms with Crippen molar-refractivity contribution in [2.45, 2.75) is 117 Å². The monoisotopic (exact) mass is 783 g/mol. The summed E-state index contributed by atoms with van der Waals surface area (Å²) in [4.78, 5) is 101. The molecule has 0 saturated carbocycles. The van der Waals surface area contributed by atoms with Gasteiger partial charge in [-0.05, 0) is 0 Å². The molecule has 5 unspecified atom stereocenters. The average Bonchev–Trinajstić information content (AvgIpc) is 2.95. The van der Waals surface area contributed by atoms with Crippen molar-refractivity contribution in [2.75, 3.05) is 13.2 Å². The molecule has 20 nitrogen and oxygen atoms in total. The van der Waals surface area contributed by atoms with Crippen LogP contribution in [-0.2, 0) is 85.7 Å². The first-order valence-electron chi connectivity index (χ1n) is 14.9. The summed E-state index contributed by atoms with van der Waals surface area (Å²) < 4.78 is 54.0. The molecule has 2 heterocycles. The van der Waals surface area contributed by atoms with E-state index in [2.05, 4.69) is 26.3 Å². The number of nitrogens with one attached hydrogen (secondary N) is 1. The van der Waals surface area contributed by atoms with Gasteiger partial charge in [0.25, 0.3) is 0 Å². The molecule has 2 saturated heterocycles. The Bertz CT molecular complexity index is 1340. The Morgan fingerprint density at radius 2 is 0.880 bits per heavy atom. The van der Waals surface area contributed by atoms with Crippen LogP contribution in [0.5, 0.6) is 0 Å². The molecule has 2 fully saturated rings. The van der Waals surface area contributed by atoms with E-state index in [9.17, 15) is 38.4 Å². The van der Waals surface area contributed by atoms with E-state index in [0.717, 1.165) is 55.4 Å². The summed E-state index contributed by atoms with van der Waals surface area (Å²) in [5.41, 5.74) is 0. The van der Waals surface area contributed by atoms with Crippen molar-refractivity contribution in [1.29, 1.82) is 0 Å². The van der Waals surface area contributed by atoms with Gasteiger partial charge in [-0.15, -0.1) is 0 Å². The zero-order chi connectivity index (χ0) is 37.9. The molecule has 1 radical (unpaired) electrons. The third-order valence-corrected chi connectivity index (χ3v) is 6.96. The Morgan fingerprint density at radius 1 is 0.520 bits per heavy atom. The first-order chi connectivity index (χ1) is 23.3. The quantitative estimate of drug-likeness (QED) is 0.0759. The van der Waals surface area contributed by atoms with Crippen molar-refractivity contribution in [1.82, 2.24) is 5.32 Å². The Hall–Kier alpha value is -4.33. The Balaban J connectivity index is 2.68. The zero-order valence-corrected chi connectivity index (χ0v) is 30.1. The topological polar surface area (TPSA) is 253 Å². The molecule has 2 aliphatic heterocycles.